The first kappa shape index (κ1) is 32.5. The molecule has 3 fully saturated rings. The van der Waals surface area contributed by atoms with Gasteiger partial charge in [0.05, 0.1) is 18.8 Å². The number of likely N-dealkylation sites (tertiary alicyclic amines) is 2. The molecule has 1 amide bonds. The van der Waals surface area contributed by atoms with Crippen molar-refractivity contribution in [3.63, 3.8) is 0 Å². The summed E-state index contributed by atoms with van der Waals surface area (Å²) in [6.45, 7) is 5.00. The fraction of sp³-hybridized carbons (Fsp3) is 0.441. The Hall–Kier alpha value is -3.42. The van der Waals surface area contributed by atoms with Crippen molar-refractivity contribution in [2.45, 2.75) is 63.3 Å². The zero-order valence-corrected chi connectivity index (χ0v) is 25.2. The number of halogens is 5. The highest BCUT2D eigenvalue weighted by atomic mass is 19.2. The van der Waals surface area contributed by atoms with E-state index < -0.39 is 46.8 Å². The lowest BCUT2D eigenvalue weighted by atomic mass is 9.99. The van der Waals surface area contributed by atoms with Gasteiger partial charge in [-0.2, -0.15) is 0 Å². The molecule has 7 nitrogen and oxygen atoms in total. The van der Waals surface area contributed by atoms with Crippen LogP contribution in [-0.2, 0) is 16.1 Å². The first-order chi connectivity index (χ1) is 22.2. The first-order valence-corrected chi connectivity index (χ1v) is 15.6. The third-order valence-electron chi connectivity index (χ3n) is 9.10. The molecule has 3 aromatic carbocycles. The van der Waals surface area contributed by atoms with Gasteiger partial charge in [0.25, 0.3) is 5.91 Å². The first-order valence-electron chi connectivity index (χ1n) is 15.6. The van der Waals surface area contributed by atoms with Crippen molar-refractivity contribution in [3.8, 4) is 0 Å². The molecule has 246 valence electrons. The maximum atomic E-state index is 14.2. The molecule has 3 aliphatic heterocycles. The number of amides is 1. The molecule has 3 aromatic rings. The second kappa shape index (κ2) is 14.1. The molecule has 0 saturated carbocycles. The maximum Gasteiger partial charge on any atom is 0.261 e. The summed E-state index contributed by atoms with van der Waals surface area (Å²) in [5.41, 5.74) is 0.850. The molecule has 0 aromatic heterocycles. The Labute approximate surface area is 263 Å². The number of nitrogens with one attached hydrogen (secondary N) is 1. The van der Waals surface area contributed by atoms with Gasteiger partial charge < -0.3 is 24.8 Å². The summed E-state index contributed by atoms with van der Waals surface area (Å²) >= 11 is 0. The van der Waals surface area contributed by atoms with Crippen molar-refractivity contribution in [1.82, 2.24) is 9.80 Å². The Morgan fingerprint density at radius 3 is 2.07 bits per heavy atom. The number of anilines is 1. The zero-order valence-electron chi connectivity index (χ0n) is 25.2. The SMILES string of the molecule is O=C(Nc1ccc([C@H]2O[C@@H](CN3CCC[C@H]3CN3CCCC3)C[C@@H](c3ccc(CO)cc3)O2)cc1)c1c(F)c(F)c(F)c(F)c1F. The van der Waals surface area contributed by atoms with Crippen LogP contribution >= 0.6 is 0 Å². The molecule has 0 unspecified atom stereocenters. The normalized spacial score (nSPS) is 24.0. The van der Waals surface area contributed by atoms with Gasteiger partial charge in [-0.1, -0.05) is 36.4 Å². The Morgan fingerprint density at radius 1 is 0.783 bits per heavy atom. The van der Waals surface area contributed by atoms with E-state index in [1.165, 1.54) is 25.0 Å². The minimum absolute atomic E-state index is 0.0687. The number of benzene rings is 3. The summed E-state index contributed by atoms with van der Waals surface area (Å²) in [6.07, 6.45) is 4.15. The maximum absolute atomic E-state index is 14.2. The lowest BCUT2D eigenvalue weighted by molar-refractivity contribution is -0.253. The Morgan fingerprint density at radius 2 is 1.41 bits per heavy atom. The minimum atomic E-state index is -2.34. The van der Waals surface area contributed by atoms with Crippen LogP contribution in [0, 0.1) is 29.1 Å². The fourth-order valence-corrected chi connectivity index (χ4v) is 6.62. The molecule has 6 rings (SSSR count). The van der Waals surface area contributed by atoms with Crippen LogP contribution in [-0.4, -0.2) is 65.7 Å². The molecular weight excluding hydrogens is 609 g/mol. The van der Waals surface area contributed by atoms with Gasteiger partial charge in [0.15, 0.2) is 29.6 Å². The molecule has 4 atom stereocenters. The highest BCUT2D eigenvalue weighted by Gasteiger charge is 2.36. The summed E-state index contributed by atoms with van der Waals surface area (Å²) in [4.78, 5) is 17.6. The topological polar surface area (TPSA) is 74.3 Å². The van der Waals surface area contributed by atoms with Gasteiger partial charge in [-0.05, 0) is 68.6 Å². The summed E-state index contributed by atoms with van der Waals surface area (Å²) in [7, 11) is 0. The number of aliphatic hydroxyl groups is 1. The largest absolute Gasteiger partial charge is 0.392 e. The fourth-order valence-electron chi connectivity index (χ4n) is 6.62. The van der Waals surface area contributed by atoms with Crippen LogP contribution in [0.4, 0.5) is 27.6 Å². The highest BCUT2D eigenvalue weighted by molar-refractivity contribution is 6.04. The van der Waals surface area contributed by atoms with E-state index in [4.69, 9.17) is 9.47 Å². The standard InChI is InChI=1S/C34H36F5N3O4/c35-28-27(29(36)31(38)32(39)30(28)37)33(44)40-23-11-9-22(10-12-23)34-45-25(16-26(46-34)21-7-5-20(19-43)6-8-21)18-42-15-3-4-24(42)17-41-13-1-2-14-41/h5-12,24-26,34,43H,1-4,13-19H2,(H,40,44)/t24-,25+,26-,34-/m0/s1. The minimum Gasteiger partial charge on any atom is -0.392 e. The molecule has 12 heteroatoms. The lowest BCUT2D eigenvalue weighted by Gasteiger charge is -2.39. The van der Waals surface area contributed by atoms with Gasteiger partial charge in [-0.25, -0.2) is 22.0 Å². The average Bonchev–Trinajstić information content (AvgIpc) is 3.75. The molecule has 46 heavy (non-hydrogen) atoms. The van der Waals surface area contributed by atoms with E-state index >= 15 is 0 Å². The number of aliphatic hydroxyl groups excluding tert-OH is 1. The van der Waals surface area contributed by atoms with Crippen molar-refractivity contribution < 1.29 is 41.3 Å². The van der Waals surface area contributed by atoms with E-state index in [0.717, 1.165) is 56.7 Å². The number of rotatable bonds is 9. The van der Waals surface area contributed by atoms with Gasteiger partial charge >= 0.3 is 0 Å². The predicted molar refractivity (Wildman–Crippen MR) is 159 cm³/mol. The monoisotopic (exact) mass is 645 g/mol. The number of carbonyl (C=O) groups excluding carboxylic acids is 1. The molecule has 0 aliphatic carbocycles. The second-order valence-electron chi connectivity index (χ2n) is 12.2. The van der Waals surface area contributed by atoms with E-state index in [9.17, 15) is 31.9 Å². The molecule has 3 aliphatic rings. The molecule has 3 heterocycles. The Kier molecular flexibility index (Phi) is 10.00. The van der Waals surface area contributed by atoms with Gasteiger partial charge in [0.2, 0.25) is 5.82 Å². The van der Waals surface area contributed by atoms with Crippen molar-refractivity contribution in [3.05, 3.63) is 99.9 Å². The third-order valence-corrected chi connectivity index (χ3v) is 9.10. The van der Waals surface area contributed by atoms with Crippen LogP contribution < -0.4 is 5.32 Å². The van der Waals surface area contributed by atoms with Crippen LogP contribution in [0.5, 0.6) is 0 Å². The number of hydrogen-bond donors (Lipinski definition) is 2. The molecule has 0 radical (unpaired) electrons. The summed E-state index contributed by atoms with van der Waals surface area (Å²) in [5.74, 6) is -12.6. The van der Waals surface area contributed by atoms with Crippen LogP contribution in [0.2, 0.25) is 0 Å². The quantitative estimate of drug-likeness (QED) is 0.163. The van der Waals surface area contributed by atoms with Crippen LogP contribution in [0.25, 0.3) is 0 Å². The molecular formula is C34H36F5N3O4. The summed E-state index contributed by atoms with van der Waals surface area (Å²) in [5, 5.41) is 11.7. The van der Waals surface area contributed by atoms with E-state index in [1.807, 2.05) is 24.3 Å². The predicted octanol–water partition coefficient (Wildman–Crippen LogP) is 6.23. The lowest BCUT2D eigenvalue weighted by Crippen LogP contribution is -2.45. The summed E-state index contributed by atoms with van der Waals surface area (Å²) < 4.78 is 81.9. The van der Waals surface area contributed by atoms with Gasteiger partial charge in [-0.3, -0.25) is 9.69 Å². The number of nitrogens with zero attached hydrogens (tertiary/aromatic N) is 2. The average molecular weight is 646 g/mol. The molecule has 3 saturated heterocycles. The van der Waals surface area contributed by atoms with E-state index in [0.29, 0.717) is 18.0 Å². The van der Waals surface area contributed by atoms with Crippen LogP contribution in [0.1, 0.15) is 71.5 Å². The number of ether oxygens (including phenoxy) is 2. The molecule has 0 bridgehead atoms. The van der Waals surface area contributed by atoms with Crippen molar-refractivity contribution in [2.75, 3.05) is 38.0 Å². The number of carbonyl (C=O) groups is 1. The zero-order chi connectivity index (χ0) is 32.4. The van der Waals surface area contributed by atoms with Crippen molar-refractivity contribution in [1.29, 1.82) is 0 Å². The van der Waals surface area contributed by atoms with Crippen molar-refractivity contribution in [2.24, 2.45) is 0 Å². The Bertz CT molecular complexity index is 1510. The highest BCUT2D eigenvalue weighted by Crippen LogP contribution is 2.39. The van der Waals surface area contributed by atoms with Crippen molar-refractivity contribution >= 4 is 11.6 Å². The van der Waals surface area contributed by atoms with E-state index in [2.05, 4.69) is 15.1 Å². The third kappa shape index (κ3) is 6.96. The van der Waals surface area contributed by atoms with Gasteiger partial charge in [-0.15, -0.1) is 0 Å². The summed E-state index contributed by atoms with van der Waals surface area (Å²) in [6, 6.07) is 14.1. The van der Waals surface area contributed by atoms with Crippen LogP contribution in [0.15, 0.2) is 48.5 Å². The molecule has 0 spiro atoms. The van der Waals surface area contributed by atoms with Gasteiger partial charge in [0.1, 0.15) is 5.56 Å². The number of hydrogen-bond acceptors (Lipinski definition) is 6. The van der Waals surface area contributed by atoms with Gasteiger partial charge in [0, 0.05) is 36.8 Å². The van der Waals surface area contributed by atoms with E-state index in [1.54, 1.807) is 12.1 Å². The Balaban J connectivity index is 1.18. The second-order valence-corrected chi connectivity index (χ2v) is 12.2. The smallest absolute Gasteiger partial charge is 0.261 e. The van der Waals surface area contributed by atoms with Crippen LogP contribution in [0.3, 0.4) is 0 Å². The molecule has 2 N–H and O–H groups in total. The van der Waals surface area contributed by atoms with E-state index in [-0.39, 0.29) is 24.5 Å².